The number of likely N-dealkylation sites (tertiary alicyclic amines) is 1. The van der Waals surface area contributed by atoms with Crippen LogP contribution in [0.2, 0.25) is 0 Å². The molecule has 3 rings (SSSR count). The second kappa shape index (κ2) is 6.25. The van der Waals surface area contributed by atoms with Crippen molar-refractivity contribution in [2.45, 2.75) is 50.3 Å². The van der Waals surface area contributed by atoms with Crippen molar-refractivity contribution in [3.63, 3.8) is 0 Å². The Morgan fingerprint density at radius 1 is 1.25 bits per heavy atom. The number of likely N-dealkylation sites (N-methyl/N-ethyl adjacent to an activating group) is 1. The van der Waals surface area contributed by atoms with Gasteiger partial charge in [-0.15, -0.1) is 0 Å². The summed E-state index contributed by atoms with van der Waals surface area (Å²) >= 11 is 0. The van der Waals surface area contributed by atoms with Crippen LogP contribution in [0.1, 0.15) is 25.7 Å². The lowest BCUT2D eigenvalue weighted by atomic mass is 9.94. The summed E-state index contributed by atoms with van der Waals surface area (Å²) < 4.78 is 0. The van der Waals surface area contributed by atoms with Crippen molar-refractivity contribution in [1.29, 1.82) is 0 Å². The van der Waals surface area contributed by atoms with Crippen LogP contribution in [0.15, 0.2) is 0 Å². The summed E-state index contributed by atoms with van der Waals surface area (Å²) in [6.45, 7) is 2.45. The molecule has 3 heterocycles. The van der Waals surface area contributed by atoms with Crippen LogP contribution in [0.5, 0.6) is 0 Å². The summed E-state index contributed by atoms with van der Waals surface area (Å²) in [6.07, 6.45) is 6.29. The molecule has 116 valence electrons. The number of nitrogens with two attached hydrogens (primary N) is 1. The number of piperidine rings is 1. The number of hydrogen-bond donors (Lipinski definition) is 4. The number of quaternary nitrogens is 2. The molecule has 0 aromatic heterocycles. The van der Waals surface area contributed by atoms with E-state index in [1.54, 1.807) is 4.90 Å². The molecule has 3 saturated heterocycles. The molecular formula is C14H31N5O+2. The standard InChI is InChI=1S/C14H29N5O/c1-18(2)12-7-6-10(9-15-12)13-16-14(20-17-13)11-5-4-8-19(11)3/h10-17H,4-9H2,1-3H3/p+2/t10?,11-,12?,13?,14?/m0/s1. The SMILES string of the molecule is CN(C)C1CCC(C2NOC([C@@H]3CCC[NH+]3C)N2)C[NH2+]1. The minimum Gasteiger partial charge on any atom is -0.332 e. The van der Waals surface area contributed by atoms with E-state index in [0.29, 0.717) is 24.3 Å². The Balaban J connectivity index is 1.48. The number of nitrogens with zero attached hydrogens (tertiary/aromatic N) is 1. The molecule has 6 nitrogen and oxygen atoms in total. The van der Waals surface area contributed by atoms with E-state index < -0.39 is 0 Å². The molecular weight excluding hydrogens is 254 g/mol. The van der Waals surface area contributed by atoms with Crippen molar-refractivity contribution >= 4 is 0 Å². The van der Waals surface area contributed by atoms with Crippen LogP contribution >= 0.6 is 0 Å². The van der Waals surface area contributed by atoms with Gasteiger partial charge in [0.05, 0.1) is 26.3 Å². The topological polar surface area (TPSA) is 57.6 Å². The maximum Gasteiger partial charge on any atom is 0.183 e. The lowest BCUT2D eigenvalue weighted by Gasteiger charge is -2.32. The third kappa shape index (κ3) is 3.00. The number of nitrogens with one attached hydrogen (secondary N) is 3. The molecule has 0 bridgehead atoms. The molecule has 3 aliphatic rings. The fourth-order valence-corrected chi connectivity index (χ4v) is 3.99. The van der Waals surface area contributed by atoms with E-state index in [2.05, 4.69) is 42.2 Å². The van der Waals surface area contributed by atoms with Gasteiger partial charge >= 0.3 is 0 Å². The summed E-state index contributed by atoms with van der Waals surface area (Å²) in [4.78, 5) is 9.77. The largest absolute Gasteiger partial charge is 0.332 e. The highest BCUT2D eigenvalue weighted by molar-refractivity contribution is 4.83. The number of rotatable bonds is 3. The van der Waals surface area contributed by atoms with Gasteiger partial charge in [-0.05, 0) is 20.5 Å². The molecule has 0 saturated carbocycles. The summed E-state index contributed by atoms with van der Waals surface area (Å²) in [5.74, 6) is 0.665. The molecule has 5 unspecified atom stereocenters. The Hall–Kier alpha value is -0.240. The van der Waals surface area contributed by atoms with E-state index in [1.165, 1.54) is 38.8 Å². The maximum absolute atomic E-state index is 5.84. The summed E-state index contributed by atoms with van der Waals surface area (Å²) in [5, 5.41) is 6.16. The molecule has 0 aliphatic carbocycles. The Morgan fingerprint density at radius 2 is 2.10 bits per heavy atom. The van der Waals surface area contributed by atoms with Crippen LogP contribution in [0, 0.1) is 5.92 Å². The quantitative estimate of drug-likeness (QED) is 0.456. The van der Waals surface area contributed by atoms with Crippen molar-refractivity contribution in [2.24, 2.45) is 5.92 Å². The summed E-state index contributed by atoms with van der Waals surface area (Å²) in [5.41, 5.74) is 3.26. The van der Waals surface area contributed by atoms with Crippen LogP contribution in [0.4, 0.5) is 0 Å². The zero-order chi connectivity index (χ0) is 14.1. The van der Waals surface area contributed by atoms with Gasteiger partial charge in [0, 0.05) is 25.2 Å². The molecule has 0 radical (unpaired) electrons. The zero-order valence-electron chi connectivity index (χ0n) is 13.1. The van der Waals surface area contributed by atoms with E-state index in [9.17, 15) is 0 Å². The first-order valence-electron chi connectivity index (χ1n) is 8.14. The van der Waals surface area contributed by atoms with Crippen molar-refractivity contribution < 1.29 is 15.1 Å². The Labute approximate surface area is 122 Å². The Morgan fingerprint density at radius 3 is 2.70 bits per heavy atom. The van der Waals surface area contributed by atoms with Crippen molar-refractivity contribution in [1.82, 2.24) is 15.7 Å². The van der Waals surface area contributed by atoms with Crippen LogP contribution < -0.4 is 21.0 Å². The van der Waals surface area contributed by atoms with Gasteiger partial charge < -0.3 is 10.2 Å². The average Bonchev–Trinajstić information content (AvgIpc) is 3.07. The van der Waals surface area contributed by atoms with Gasteiger partial charge in [-0.1, -0.05) is 0 Å². The second-order valence-corrected chi connectivity index (χ2v) is 6.99. The van der Waals surface area contributed by atoms with Gasteiger partial charge in [-0.2, -0.15) is 5.48 Å². The normalized spacial score (nSPS) is 46.2. The molecule has 0 amide bonds. The first-order chi connectivity index (χ1) is 9.65. The highest BCUT2D eigenvalue weighted by atomic mass is 16.7. The zero-order valence-corrected chi connectivity index (χ0v) is 13.1. The lowest BCUT2D eigenvalue weighted by molar-refractivity contribution is -0.896. The molecule has 6 heteroatoms. The molecule has 0 aromatic carbocycles. The minimum absolute atomic E-state index is 0.189. The highest BCUT2D eigenvalue weighted by Crippen LogP contribution is 2.18. The number of hydroxylamine groups is 1. The van der Waals surface area contributed by atoms with E-state index in [0.717, 1.165) is 0 Å². The van der Waals surface area contributed by atoms with Gasteiger partial charge in [0.15, 0.2) is 6.23 Å². The molecule has 6 atom stereocenters. The fourth-order valence-electron chi connectivity index (χ4n) is 3.99. The second-order valence-electron chi connectivity index (χ2n) is 6.99. The van der Waals surface area contributed by atoms with Gasteiger partial charge in [-0.3, -0.25) is 15.1 Å². The smallest absolute Gasteiger partial charge is 0.183 e. The van der Waals surface area contributed by atoms with Gasteiger partial charge in [0.25, 0.3) is 0 Å². The van der Waals surface area contributed by atoms with Crippen molar-refractivity contribution in [3.05, 3.63) is 0 Å². The highest BCUT2D eigenvalue weighted by Gasteiger charge is 2.42. The predicted octanol–water partition coefficient (Wildman–Crippen LogP) is -2.70. The Bertz CT molecular complexity index is 319. The van der Waals surface area contributed by atoms with Crippen LogP contribution in [-0.4, -0.2) is 63.7 Å². The van der Waals surface area contributed by atoms with Gasteiger partial charge in [0.1, 0.15) is 12.2 Å². The average molecular weight is 285 g/mol. The minimum atomic E-state index is 0.189. The van der Waals surface area contributed by atoms with Gasteiger partial charge in [0.2, 0.25) is 0 Å². The monoisotopic (exact) mass is 285 g/mol. The molecule has 0 aromatic rings. The number of hydrogen-bond acceptors (Lipinski definition) is 4. The van der Waals surface area contributed by atoms with E-state index in [1.807, 2.05) is 0 Å². The van der Waals surface area contributed by atoms with E-state index >= 15 is 0 Å². The van der Waals surface area contributed by atoms with Crippen molar-refractivity contribution in [2.75, 3.05) is 34.2 Å². The molecule has 5 N–H and O–H groups in total. The molecule has 3 aliphatic heterocycles. The lowest BCUT2D eigenvalue weighted by Crippen LogP contribution is -3.12. The molecule has 3 fully saturated rings. The summed E-state index contributed by atoms with van der Waals surface area (Å²) in [7, 11) is 6.63. The van der Waals surface area contributed by atoms with Crippen molar-refractivity contribution in [3.8, 4) is 0 Å². The van der Waals surface area contributed by atoms with E-state index in [-0.39, 0.29) is 6.23 Å². The van der Waals surface area contributed by atoms with Crippen LogP contribution in [0.3, 0.4) is 0 Å². The van der Waals surface area contributed by atoms with E-state index in [4.69, 9.17) is 4.84 Å². The molecule has 0 spiro atoms. The fraction of sp³-hybridized carbons (Fsp3) is 1.00. The van der Waals surface area contributed by atoms with Gasteiger partial charge in [-0.25, -0.2) is 0 Å². The first kappa shape index (κ1) is 14.7. The summed E-state index contributed by atoms with van der Waals surface area (Å²) in [6, 6.07) is 0.606. The van der Waals surface area contributed by atoms with Crippen LogP contribution in [-0.2, 0) is 4.84 Å². The molecule has 20 heavy (non-hydrogen) atoms. The first-order valence-corrected chi connectivity index (χ1v) is 8.14. The third-order valence-electron chi connectivity index (χ3n) is 5.43. The van der Waals surface area contributed by atoms with Crippen LogP contribution in [0.25, 0.3) is 0 Å². The third-order valence-corrected chi connectivity index (χ3v) is 5.43. The Kier molecular flexibility index (Phi) is 4.59. The predicted molar refractivity (Wildman–Crippen MR) is 76.7 cm³/mol. The maximum atomic E-state index is 5.84.